The number of amides is 2. The number of urea groups is 1. The first-order chi connectivity index (χ1) is 14.9. The van der Waals surface area contributed by atoms with Crippen molar-refractivity contribution in [2.24, 2.45) is 22.9 Å². The standard InChI is InChI=1S/C15H29N7O4.C4H11N/c16-7-3-1-5-10(18)13-21-12(26-22-13)9-19-15(25)20-11(14(23)24)6-2-4-8-17;1-2-3-4-5/h10-11H,1-9,16-18H2,(H,23,24)(H2,19,20,25);2-5H2,1H3. The van der Waals surface area contributed by atoms with E-state index >= 15 is 0 Å². The molecule has 12 heteroatoms. The lowest BCUT2D eigenvalue weighted by Gasteiger charge is -2.14. The Balaban J connectivity index is 0.00000161. The van der Waals surface area contributed by atoms with E-state index in [1.165, 1.54) is 12.8 Å². The van der Waals surface area contributed by atoms with Gasteiger partial charge in [-0.1, -0.05) is 24.9 Å². The maximum atomic E-state index is 11.8. The second-order valence-corrected chi connectivity index (χ2v) is 7.08. The van der Waals surface area contributed by atoms with E-state index in [9.17, 15) is 9.59 Å². The Hall–Kier alpha value is -2.28. The maximum Gasteiger partial charge on any atom is 0.326 e. The Kier molecular flexibility index (Phi) is 17.1. The summed E-state index contributed by atoms with van der Waals surface area (Å²) in [6.45, 7) is 4.03. The SMILES string of the molecule is CCCCN.NCCCCC(NC(=O)NCc1nc(C(N)CCCCN)no1)C(=O)O. The van der Waals surface area contributed by atoms with Crippen LogP contribution in [0.5, 0.6) is 0 Å². The average molecular weight is 445 g/mol. The van der Waals surface area contributed by atoms with Crippen LogP contribution in [0, 0.1) is 0 Å². The Bertz CT molecular complexity index is 597. The van der Waals surface area contributed by atoms with Crippen molar-refractivity contribution in [1.29, 1.82) is 0 Å². The summed E-state index contributed by atoms with van der Waals surface area (Å²) in [5.74, 6) is -0.537. The van der Waals surface area contributed by atoms with Crippen molar-refractivity contribution in [3.63, 3.8) is 0 Å². The van der Waals surface area contributed by atoms with E-state index in [0.717, 1.165) is 19.4 Å². The normalized spacial score (nSPS) is 12.4. The summed E-state index contributed by atoms with van der Waals surface area (Å²) in [7, 11) is 0. The minimum absolute atomic E-state index is 0.0243. The zero-order valence-electron chi connectivity index (χ0n) is 18.5. The third-order valence-electron chi connectivity index (χ3n) is 4.29. The zero-order chi connectivity index (χ0) is 23.5. The van der Waals surface area contributed by atoms with Gasteiger partial charge in [0.25, 0.3) is 0 Å². The number of hydrogen-bond acceptors (Lipinski definition) is 9. The van der Waals surface area contributed by atoms with Gasteiger partial charge >= 0.3 is 12.0 Å². The van der Waals surface area contributed by atoms with Gasteiger partial charge in [-0.3, -0.25) is 0 Å². The minimum Gasteiger partial charge on any atom is -0.480 e. The number of nitrogens with zero attached hydrogens (tertiary/aromatic N) is 2. The highest BCUT2D eigenvalue weighted by Crippen LogP contribution is 2.13. The molecule has 0 radical (unpaired) electrons. The number of nitrogens with two attached hydrogens (primary N) is 4. The highest BCUT2D eigenvalue weighted by Gasteiger charge is 2.20. The second kappa shape index (κ2) is 18.5. The van der Waals surface area contributed by atoms with Crippen molar-refractivity contribution in [2.75, 3.05) is 19.6 Å². The van der Waals surface area contributed by atoms with Crippen molar-refractivity contribution in [3.05, 3.63) is 11.7 Å². The van der Waals surface area contributed by atoms with Crippen molar-refractivity contribution in [3.8, 4) is 0 Å². The van der Waals surface area contributed by atoms with Gasteiger partial charge in [0.1, 0.15) is 6.04 Å². The van der Waals surface area contributed by atoms with E-state index < -0.39 is 18.0 Å². The van der Waals surface area contributed by atoms with Crippen LogP contribution in [0.1, 0.15) is 76.0 Å². The van der Waals surface area contributed by atoms with Crippen LogP contribution < -0.4 is 33.6 Å². The monoisotopic (exact) mass is 444 g/mol. The van der Waals surface area contributed by atoms with E-state index in [2.05, 4.69) is 27.7 Å². The van der Waals surface area contributed by atoms with Gasteiger partial charge in [0.15, 0.2) is 5.82 Å². The summed E-state index contributed by atoms with van der Waals surface area (Å²) in [5, 5.41) is 17.8. The average Bonchev–Trinajstić information content (AvgIpc) is 3.22. The number of carboxylic acids is 1. The Labute approximate surface area is 183 Å². The van der Waals surface area contributed by atoms with Gasteiger partial charge in [0.2, 0.25) is 5.89 Å². The summed E-state index contributed by atoms with van der Waals surface area (Å²) in [5.41, 5.74) is 21.9. The molecule has 0 fully saturated rings. The molecule has 1 aromatic rings. The molecule has 31 heavy (non-hydrogen) atoms. The molecule has 0 aromatic carbocycles. The number of carbonyl (C=O) groups is 2. The number of nitrogens with one attached hydrogen (secondary N) is 2. The van der Waals surface area contributed by atoms with Gasteiger partial charge in [-0.15, -0.1) is 0 Å². The molecular weight excluding hydrogens is 404 g/mol. The maximum absolute atomic E-state index is 11.8. The molecule has 1 aromatic heterocycles. The fraction of sp³-hybridized carbons (Fsp3) is 0.789. The molecule has 12 nitrogen and oxygen atoms in total. The summed E-state index contributed by atoms with van der Waals surface area (Å²) in [6.07, 6.45) is 6.43. The first-order valence-corrected chi connectivity index (χ1v) is 10.8. The van der Waals surface area contributed by atoms with Gasteiger partial charge in [0.05, 0.1) is 12.6 Å². The number of carboxylic acid groups (broad SMARTS) is 1. The lowest BCUT2D eigenvalue weighted by Crippen LogP contribution is -2.45. The van der Waals surface area contributed by atoms with Crippen LogP contribution in [0.3, 0.4) is 0 Å². The van der Waals surface area contributed by atoms with Crippen LogP contribution in [-0.2, 0) is 11.3 Å². The highest BCUT2D eigenvalue weighted by atomic mass is 16.5. The van der Waals surface area contributed by atoms with Crippen LogP contribution in [0.4, 0.5) is 4.79 Å². The molecule has 180 valence electrons. The summed E-state index contributed by atoms with van der Waals surface area (Å²) in [6, 6.07) is -1.96. The number of hydrogen-bond donors (Lipinski definition) is 7. The molecule has 2 atom stereocenters. The topological polar surface area (TPSA) is 221 Å². The molecule has 0 bridgehead atoms. The molecule has 0 aliphatic rings. The Morgan fingerprint density at radius 2 is 1.65 bits per heavy atom. The van der Waals surface area contributed by atoms with E-state index in [4.69, 9.17) is 32.6 Å². The molecule has 0 spiro atoms. The Morgan fingerprint density at radius 1 is 1.03 bits per heavy atom. The summed E-state index contributed by atoms with van der Waals surface area (Å²) in [4.78, 5) is 27.1. The largest absolute Gasteiger partial charge is 0.480 e. The molecule has 0 saturated heterocycles. The first kappa shape index (κ1) is 28.7. The molecule has 2 unspecified atom stereocenters. The van der Waals surface area contributed by atoms with Gasteiger partial charge in [-0.25, -0.2) is 9.59 Å². The van der Waals surface area contributed by atoms with Crippen LogP contribution in [0.25, 0.3) is 0 Å². The molecule has 11 N–H and O–H groups in total. The fourth-order valence-electron chi connectivity index (χ4n) is 2.45. The van der Waals surface area contributed by atoms with Gasteiger partial charge < -0.3 is 43.2 Å². The Morgan fingerprint density at radius 3 is 2.16 bits per heavy atom. The van der Waals surface area contributed by atoms with E-state index in [1.807, 2.05) is 0 Å². The van der Waals surface area contributed by atoms with Crippen molar-refractivity contribution in [1.82, 2.24) is 20.8 Å². The number of aliphatic carboxylic acids is 1. The van der Waals surface area contributed by atoms with Crippen LogP contribution in [0.2, 0.25) is 0 Å². The van der Waals surface area contributed by atoms with Gasteiger partial charge in [-0.05, 0) is 58.2 Å². The van der Waals surface area contributed by atoms with Crippen LogP contribution >= 0.6 is 0 Å². The molecule has 1 rings (SSSR count). The molecule has 0 saturated carbocycles. The number of rotatable bonds is 15. The minimum atomic E-state index is -1.10. The molecular formula is C19H40N8O4. The smallest absolute Gasteiger partial charge is 0.326 e. The molecule has 0 aliphatic heterocycles. The molecule has 0 aliphatic carbocycles. The summed E-state index contributed by atoms with van der Waals surface area (Å²) < 4.78 is 5.04. The fourth-order valence-corrected chi connectivity index (χ4v) is 2.45. The zero-order valence-corrected chi connectivity index (χ0v) is 18.5. The second-order valence-electron chi connectivity index (χ2n) is 7.08. The molecule has 1 heterocycles. The van der Waals surface area contributed by atoms with Crippen LogP contribution in [-0.4, -0.2) is 52.9 Å². The van der Waals surface area contributed by atoms with E-state index in [-0.39, 0.29) is 18.5 Å². The van der Waals surface area contributed by atoms with Crippen molar-refractivity contribution in [2.45, 2.75) is 76.9 Å². The quantitative estimate of drug-likeness (QED) is 0.183. The third kappa shape index (κ3) is 14.4. The number of unbranched alkanes of at least 4 members (excludes halogenated alkanes) is 3. The van der Waals surface area contributed by atoms with Gasteiger partial charge in [0, 0.05) is 0 Å². The van der Waals surface area contributed by atoms with Crippen molar-refractivity contribution < 1.29 is 19.2 Å². The predicted molar refractivity (Wildman–Crippen MR) is 118 cm³/mol. The number of aromatic nitrogens is 2. The highest BCUT2D eigenvalue weighted by molar-refractivity contribution is 5.82. The number of carbonyl (C=O) groups excluding carboxylic acids is 1. The molecule has 2 amide bonds. The van der Waals surface area contributed by atoms with E-state index in [0.29, 0.717) is 44.6 Å². The van der Waals surface area contributed by atoms with Gasteiger partial charge in [-0.2, -0.15) is 4.98 Å². The summed E-state index contributed by atoms with van der Waals surface area (Å²) >= 11 is 0. The lowest BCUT2D eigenvalue weighted by atomic mass is 10.1. The van der Waals surface area contributed by atoms with Crippen molar-refractivity contribution >= 4 is 12.0 Å². The van der Waals surface area contributed by atoms with E-state index in [1.54, 1.807) is 0 Å². The van der Waals surface area contributed by atoms with Crippen LogP contribution in [0.15, 0.2) is 4.52 Å². The predicted octanol–water partition coefficient (Wildman–Crippen LogP) is 0.325. The third-order valence-corrected chi connectivity index (χ3v) is 4.29. The first-order valence-electron chi connectivity index (χ1n) is 10.8. The lowest BCUT2D eigenvalue weighted by molar-refractivity contribution is -0.139.